The van der Waals surface area contributed by atoms with Crippen LogP contribution in [-0.2, 0) is 0 Å². The molecule has 1 aromatic carbocycles. The Morgan fingerprint density at radius 1 is 0.875 bits per heavy atom. The molecule has 0 amide bonds. The Kier molecular flexibility index (Phi) is 12.0. The summed E-state index contributed by atoms with van der Waals surface area (Å²) in [5.41, 5.74) is 0. The third kappa shape index (κ3) is 7.30. The highest BCUT2D eigenvalue weighted by Gasteiger charge is 2.03. The van der Waals surface area contributed by atoms with Crippen LogP contribution in [0.4, 0.5) is 0 Å². The van der Waals surface area contributed by atoms with Gasteiger partial charge in [-0.15, -0.1) is 0 Å². The molecule has 0 aliphatic rings. The van der Waals surface area contributed by atoms with Crippen LogP contribution in [0.1, 0.15) is 0 Å². The Morgan fingerprint density at radius 2 is 1.50 bits per heavy atom. The molecule has 0 atom stereocenters. The molecule has 1 rings (SSSR count). The average molecular weight is 401 g/mol. The van der Waals surface area contributed by atoms with E-state index >= 15 is 0 Å². The van der Waals surface area contributed by atoms with Crippen molar-refractivity contribution in [2.75, 3.05) is 0 Å². The maximum Gasteiger partial charge on any atom is 0.0378 e. The molecule has 10 heteroatoms. The van der Waals surface area contributed by atoms with Gasteiger partial charge in [-0.3, -0.25) is 0 Å². The first-order valence-corrected chi connectivity index (χ1v) is 15.1. The van der Waals surface area contributed by atoms with E-state index in [1.54, 1.807) is 59.9 Å². The molecular formula is C6H5ClS9. The van der Waals surface area contributed by atoms with Crippen LogP contribution in [0.25, 0.3) is 0 Å². The first-order chi connectivity index (χ1) is 7.88. The zero-order chi connectivity index (χ0) is 11.6. The lowest BCUT2D eigenvalue weighted by Crippen LogP contribution is -1.71. The molecule has 0 bridgehead atoms. The van der Waals surface area contributed by atoms with Crippen LogP contribution in [0, 0.1) is 0 Å². The monoisotopic (exact) mass is 400 g/mol. The fraction of sp³-hybridized carbons (Fsp3) is 0. The predicted molar refractivity (Wildman–Crippen MR) is 98.5 cm³/mol. The van der Waals surface area contributed by atoms with Crippen molar-refractivity contribution in [3.8, 4) is 0 Å². The highest BCUT2D eigenvalue weighted by Crippen LogP contribution is 2.57. The average Bonchev–Trinajstić information content (AvgIpc) is 2.34. The molecule has 0 nitrogen and oxygen atoms in total. The molecule has 0 aliphatic carbocycles. The van der Waals surface area contributed by atoms with Crippen LogP contribution in [-0.4, -0.2) is 0 Å². The molecule has 0 unspecified atom stereocenters. The molecule has 1 aromatic rings. The maximum absolute atomic E-state index is 5.78. The minimum Gasteiger partial charge on any atom is -0.0988 e. The third-order valence-corrected chi connectivity index (χ3v) is 15.6. The van der Waals surface area contributed by atoms with Crippen LogP contribution in [0.2, 0.25) is 0 Å². The summed E-state index contributed by atoms with van der Waals surface area (Å²) in [5.74, 6) is 0. The fourth-order valence-corrected chi connectivity index (χ4v) is 15.9. The minimum absolute atomic E-state index is 1.11. The Balaban J connectivity index is 2.21. The van der Waals surface area contributed by atoms with E-state index in [-0.39, 0.29) is 0 Å². The van der Waals surface area contributed by atoms with Crippen molar-refractivity contribution in [3.63, 3.8) is 0 Å². The van der Waals surface area contributed by atoms with E-state index in [0.717, 1.165) is 4.90 Å². The zero-order valence-electron chi connectivity index (χ0n) is 7.40. The second kappa shape index (κ2) is 11.5. The molecule has 0 N–H and O–H groups in total. The van der Waals surface area contributed by atoms with E-state index in [4.69, 9.17) is 10.7 Å². The summed E-state index contributed by atoms with van der Waals surface area (Å²) in [6, 6.07) is 8.14. The molecule has 0 saturated carbocycles. The highest BCUT2D eigenvalue weighted by molar-refractivity contribution is 9.48. The minimum atomic E-state index is 1.11. The predicted octanol–water partition coefficient (Wildman–Crippen LogP) is 7.76. The number of rotatable bonds is 8. The first kappa shape index (κ1) is 16.7. The van der Waals surface area contributed by atoms with Gasteiger partial charge in [0.05, 0.1) is 0 Å². The largest absolute Gasteiger partial charge is 0.0988 e. The van der Waals surface area contributed by atoms with Gasteiger partial charge in [0.1, 0.15) is 0 Å². The van der Waals surface area contributed by atoms with Crippen molar-refractivity contribution in [1.82, 2.24) is 0 Å². The molecule has 0 radical (unpaired) electrons. The van der Waals surface area contributed by atoms with Crippen molar-refractivity contribution in [2.24, 2.45) is 0 Å². The van der Waals surface area contributed by atoms with Gasteiger partial charge in [-0.05, 0) is 104 Å². The fourth-order valence-electron chi connectivity index (χ4n) is 0.680. The summed E-state index contributed by atoms with van der Waals surface area (Å²) >= 11 is 4.04. The Morgan fingerprint density at radius 3 is 2.19 bits per heavy atom. The summed E-state index contributed by atoms with van der Waals surface area (Å²) < 4.78 is 0. The summed E-state index contributed by atoms with van der Waals surface area (Å²) in [7, 11) is 18.8. The van der Waals surface area contributed by atoms with Crippen molar-refractivity contribution >= 4 is 103 Å². The Labute approximate surface area is 135 Å². The van der Waals surface area contributed by atoms with E-state index < -0.39 is 0 Å². The second-order valence-corrected chi connectivity index (χ2v) is 15.0. The molecule has 0 heterocycles. The summed E-state index contributed by atoms with van der Waals surface area (Å²) in [6.45, 7) is 0. The lowest BCUT2D eigenvalue weighted by Gasteiger charge is -2.03. The molecule has 0 fully saturated rings. The lowest BCUT2D eigenvalue weighted by atomic mass is 10.4. The smallest absolute Gasteiger partial charge is 0.0378 e. The number of benzene rings is 1. The molecule has 0 saturated heterocycles. The van der Waals surface area contributed by atoms with E-state index in [1.165, 1.54) is 25.7 Å². The SMILES string of the molecule is SSSSSSSSc1ccccc1SCl. The van der Waals surface area contributed by atoms with Crippen molar-refractivity contribution in [2.45, 2.75) is 9.79 Å². The number of hydrogen-bond donors (Lipinski definition) is 1. The van der Waals surface area contributed by atoms with E-state index in [9.17, 15) is 0 Å². The molecular weight excluding hydrogens is 396 g/mol. The maximum atomic E-state index is 5.78. The van der Waals surface area contributed by atoms with Crippen LogP contribution in [0.5, 0.6) is 0 Å². The topological polar surface area (TPSA) is 0 Å². The molecule has 0 aromatic heterocycles. The van der Waals surface area contributed by atoms with Gasteiger partial charge >= 0.3 is 0 Å². The van der Waals surface area contributed by atoms with Gasteiger partial charge in [-0.2, -0.15) is 0 Å². The normalized spacial score (nSPS) is 10.6. The van der Waals surface area contributed by atoms with Crippen LogP contribution in [0.15, 0.2) is 34.1 Å². The van der Waals surface area contributed by atoms with Crippen molar-refractivity contribution in [3.05, 3.63) is 24.3 Å². The van der Waals surface area contributed by atoms with Gasteiger partial charge in [0.25, 0.3) is 0 Å². The third-order valence-electron chi connectivity index (χ3n) is 1.20. The number of halogens is 1. The first-order valence-electron chi connectivity index (χ1n) is 3.57. The summed E-state index contributed by atoms with van der Waals surface area (Å²) in [5, 5.41) is 0. The second-order valence-electron chi connectivity index (χ2n) is 2.02. The van der Waals surface area contributed by atoms with Gasteiger partial charge in [-0.1, -0.05) is 23.8 Å². The van der Waals surface area contributed by atoms with E-state index in [2.05, 4.69) is 17.7 Å². The Bertz CT molecular complexity index is 295. The lowest BCUT2D eigenvalue weighted by molar-refractivity contribution is 1.27. The highest BCUT2D eigenvalue weighted by atomic mass is 35.7. The van der Waals surface area contributed by atoms with Crippen LogP contribution >= 0.6 is 103 Å². The molecule has 90 valence electrons. The van der Waals surface area contributed by atoms with Crippen LogP contribution < -0.4 is 0 Å². The van der Waals surface area contributed by atoms with E-state index in [1.807, 2.05) is 18.2 Å². The van der Waals surface area contributed by atoms with Gasteiger partial charge in [0.15, 0.2) is 0 Å². The van der Waals surface area contributed by atoms with Gasteiger partial charge in [0, 0.05) is 9.79 Å². The van der Waals surface area contributed by atoms with Crippen molar-refractivity contribution < 1.29 is 0 Å². The quantitative estimate of drug-likeness (QED) is 0.263. The molecule has 0 spiro atoms. The summed E-state index contributed by atoms with van der Waals surface area (Å²) in [6.07, 6.45) is 0. The van der Waals surface area contributed by atoms with Crippen LogP contribution in [0.3, 0.4) is 0 Å². The zero-order valence-corrected chi connectivity index (χ0v) is 15.6. The number of hydrogen-bond acceptors (Lipinski definition) is 9. The standard InChI is InChI=1S/C6H5ClS9/c7-9-5-3-1-2-4-6(5)10-12-14-16-15-13-11-8/h1-4,8H. The Hall–Kier alpha value is 2.66. The van der Waals surface area contributed by atoms with Gasteiger partial charge in [0.2, 0.25) is 0 Å². The van der Waals surface area contributed by atoms with Gasteiger partial charge in [-0.25, -0.2) is 0 Å². The molecule has 0 aliphatic heterocycles. The van der Waals surface area contributed by atoms with Gasteiger partial charge < -0.3 is 0 Å². The number of thiol groups is 1. The molecule has 16 heavy (non-hydrogen) atoms. The van der Waals surface area contributed by atoms with E-state index in [0.29, 0.717) is 0 Å². The summed E-state index contributed by atoms with van der Waals surface area (Å²) in [4.78, 5) is 2.32. The van der Waals surface area contributed by atoms with Crippen molar-refractivity contribution in [1.29, 1.82) is 0 Å².